The molecule has 0 atom stereocenters. The van der Waals surface area contributed by atoms with Gasteiger partial charge in [-0.05, 0) is 24.3 Å². The second kappa shape index (κ2) is 4.54. The van der Waals surface area contributed by atoms with Gasteiger partial charge in [-0.25, -0.2) is 9.48 Å². The quantitative estimate of drug-likeness (QED) is 0.938. The molecule has 0 unspecified atom stereocenters. The third-order valence-corrected chi connectivity index (χ3v) is 2.53. The summed E-state index contributed by atoms with van der Waals surface area (Å²) in [5, 5.41) is 16.0. The zero-order valence-electron chi connectivity index (χ0n) is 8.79. The predicted octanol–water partition coefficient (Wildman–Crippen LogP) is 2.07. The molecule has 1 aromatic heterocycles. The van der Waals surface area contributed by atoms with Gasteiger partial charge in [0.05, 0.1) is 0 Å². The van der Waals surface area contributed by atoms with Gasteiger partial charge in [-0.2, -0.15) is 0 Å². The molecule has 2 aromatic rings. The van der Waals surface area contributed by atoms with Gasteiger partial charge in [0.1, 0.15) is 5.75 Å². The highest BCUT2D eigenvalue weighted by Crippen LogP contribution is 2.24. The summed E-state index contributed by atoms with van der Waals surface area (Å²) in [6, 6.07) is 7.00. The van der Waals surface area contributed by atoms with Crippen molar-refractivity contribution in [2.24, 2.45) is 7.05 Å². The molecular weight excluding hydrogens is 290 g/mol. The lowest BCUT2D eigenvalue weighted by molar-refractivity contribution is 0.0687. The highest BCUT2D eigenvalue weighted by Gasteiger charge is 2.19. The van der Waals surface area contributed by atoms with Crippen LogP contribution >= 0.6 is 15.9 Å². The zero-order chi connectivity index (χ0) is 12.4. The number of nitrogens with zero attached hydrogens (tertiary/aromatic N) is 3. The smallest absolute Gasteiger partial charge is 0.362 e. The van der Waals surface area contributed by atoms with Gasteiger partial charge in [0.25, 0.3) is 5.88 Å². The molecule has 1 N–H and O–H groups in total. The molecule has 0 saturated carbocycles. The van der Waals surface area contributed by atoms with E-state index < -0.39 is 5.97 Å². The number of carboxylic acids is 1. The minimum absolute atomic E-state index is 0.0971. The Morgan fingerprint density at radius 1 is 1.41 bits per heavy atom. The molecule has 7 heteroatoms. The molecule has 0 radical (unpaired) electrons. The average molecular weight is 298 g/mol. The van der Waals surface area contributed by atoms with Gasteiger partial charge in [0.2, 0.25) is 5.69 Å². The number of carbonyl (C=O) groups is 1. The van der Waals surface area contributed by atoms with E-state index in [2.05, 4.69) is 26.2 Å². The van der Waals surface area contributed by atoms with Crippen LogP contribution in [0.25, 0.3) is 0 Å². The number of hydrogen-bond donors (Lipinski definition) is 1. The lowest BCUT2D eigenvalue weighted by Crippen LogP contribution is -2.01. The maximum absolute atomic E-state index is 10.9. The molecule has 0 bridgehead atoms. The third kappa shape index (κ3) is 2.44. The van der Waals surface area contributed by atoms with Gasteiger partial charge in [-0.15, -0.1) is 5.10 Å². The molecule has 17 heavy (non-hydrogen) atoms. The molecule has 0 fully saturated rings. The summed E-state index contributed by atoms with van der Waals surface area (Å²) in [6.45, 7) is 0. The second-order valence-electron chi connectivity index (χ2n) is 3.23. The van der Waals surface area contributed by atoms with Crippen LogP contribution in [-0.2, 0) is 7.05 Å². The third-order valence-electron chi connectivity index (χ3n) is 2.01. The average Bonchev–Trinajstić information content (AvgIpc) is 2.64. The molecule has 0 saturated heterocycles. The maximum Gasteiger partial charge on any atom is 0.362 e. The first-order chi connectivity index (χ1) is 8.08. The van der Waals surface area contributed by atoms with Crippen molar-refractivity contribution < 1.29 is 14.6 Å². The normalized spacial score (nSPS) is 10.2. The number of aromatic carboxylic acids is 1. The number of ether oxygens (including phenoxy) is 1. The predicted molar refractivity (Wildman–Crippen MR) is 62.2 cm³/mol. The summed E-state index contributed by atoms with van der Waals surface area (Å²) < 4.78 is 7.61. The molecule has 88 valence electrons. The first-order valence-corrected chi connectivity index (χ1v) is 5.43. The van der Waals surface area contributed by atoms with Crippen LogP contribution in [0.5, 0.6) is 11.6 Å². The number of halogens is 1. The van der Waals surface area contributed by atoms with E-state index in [1.54, 1.807) is 31.3 Å². The van der Waals surface area contributed by atoms with Crippen LogP contribution in [0.2, 0.25) is 0 Å². The molecule has 1 aromatic carbocycles. The van der Waals surface area contributed by atoms with Gasteiger partial charge in [-0.3, -0.25) is 0 Å². The monoisotopic (exact) mass is 297 g/mol. The van der Waals surface area contributed by atoms with E-state index in [0.717, 1.165) is 4.47 Å². The van der Waals surface area contributed by atoms with E-state index >= 15 is 0 Å². The number of rotatable bonds is 3. The number of hydrogen-bond acceptors (Lipinski definition) is 4. The Morgan fingerprint density at radius 3 is 2.65 bits per heavy atom. The summed E-state index contributed by atoms with van der Waals surface area (Å²) in [5.74, 6) is -0.564. The van der Waals surface area contributed by atoms with Crippen LogP contribution in [0.1, 0.15) is 10.5 Å². The molecule has 2 rings (SSSR count). The van der Waals surface area contributed by atoms with Crippen molar-refractivity contribution in [3.8, 4) is 11.6 Å². The molecule has 0 spiro atoms. The minimum atomic E-state index is -1.18. The standard InChI is InChI=1S/C10H8BrN3O3/c1-14-9(8(10(15)16)12-13-14)17-7-4-2-6(11)3-5-7/h2-5H,1H3,(H,15,16). The first kappa shape index (κ1) is 11.6. The van der Waals surface area contributed by atoms with E-state index in [1.807, 2.05) is 0 Å². The molecule has 0 amide bonds. The summed E-state index contributed by atoms with van der Waals surface area (Å²) in [4.78, 5) is 10.9. The second-order valence-corrected chi connectivity index (χ2v) is 4.14. The van der Waals surface area contributed by atoms with Crippen LogP contribution in [0.15, 0.2) is 28.7 Å². The molecule has 0 aliphatic heterocycles. The fourth-order valence-electron chi connectivity index (χ4n) is 1.21. The fourth-order valence-corrected chi connectivity index (χ4v) is 1.48. The zero-order valence-corrected chi connectivity index (χ0v) is 10.4. The molecule has 0 aliphatic rings. The van der Waals surface area contributed by atoms with Crippen molar-refractivity contribution in [3.05, 3.63) is 34.4 Å². The van der Waals surface area contributed by atoms with Crippen molar-refractivity contribution in [1.29, 1.82) is 0 Å². The van der Waals surface area contributed by atoms with Crippen molar-refractivity contribution in [1.82, 2.24) is 15.0 Å². The molecule has 0 aliphatic carbocycles. The van der Waals surface area contributed by atoms with Gasteiger partial charge in [-0.1, -0.05) is 21.1 Å². The lowest BCUT2D eigenvalue weighted by Gasteiger charge is -2.05. The lowest BCUT2D eigenvalue weighted by atomic mass is 10.3. The highest BCUT2D eigenvalue weighted by molar-refractivity contribution is 9.10. The Kier molecular flexibility index (Phi) is 3.10. The summed E-state index contributed by atoms with van der Waals surface area (Å²) in [5.41, 5.74) is -0.213. The number of aromatic nitrogens is 3. The Bertz CT molecular complexity index is 550. The van der Waals surface area contributed by atoms with Crippen LogP contribution in [0.3, 0.4) is 0 Å². The van der Waals surface area contributed by atoms with E-state index in [4.69, 9.17) is 9.84 Å². The van der Waals surface area contributed by atoms with Crippen molar-refractivity contribution >= 4 is 21.9 Å². The Morgan fingerprint density at radius 2 is 2.06 bits per heavy atom. The number of aryl methyl sites for hydroxylation is 1. The van der Waals surface area contributed by atoms with E-state index in [0.29, 0.717) is 5.75 Å². The van der Waals surface area contributed by atoms with E-state index in [-0.39, 0.29) is 11.6 Å². The van der Waals surface area contributed by atoms with Gasteiger partial charge >= 0.3 is 5.97 Å². The number of benzene rings is 1. The largest absolute Gasteiger partial charge is 0.476 e. The van der Waals surface area contributed by atoms with Gasteiger partial charge in [0.15, 0.2) is 0 Å². The van der Waals surface area contributed by atoms with E-state index in [1.165, 1.54) is 4.68 Å². The Balaban J connectivity index is 2.32. The molecule has 6 nitrogen and oxygen atoms in total. The fraction of sp³-hybridized carbons (Fsp3) is 0.100. The van der Waals surface area contributed by atoms with Gasteiger partial charge < -0.3 is 9.84 Å². The SMILES string of the molecule is Cn1nnc(C(=O)O)c1Oc1ccc(Br)cc1. The number of carboxylic acid groups (broad SMARTS) is 1. The van der Waals surface area contributed by atoms with Crippen LogP contribution in [0, 0.1) is 0 Å². The minimum Gasteiger partial charge on any atom is -0.476 e. The van der Waals surface area contributed by atoms with E-state index in [9.17, 15) is 4.79 Å². The Hall–Kier alpha value is -1.89. The van der Waals surface area contributed by atoms with Crippen LogP contribution in [-0.4, -0.2) is 26.1 Å². The van der Waals surface area contributed by atoms with Gasteiger partial charge in [0, 0.05) is 11.5 Å². The van der Waals surface area contributed by atoms with Crippen LogP contribution in [0.4, 0.5) is 0 Å². The summed E-state index contributed by atoms with van der Waals surface area (Å²) in [7, 11) is 1.56. The Labute approximate surface area is 105 Å². The summed E-state index contributed by atoms with van der Waals surface area (Å²) in [6.07, 6.45) is 0. The van der Waals surface area contributed by atoms with Crippen LogP contribution < -0.4 is 4.74 Å². The highest BCUT2D eigenvalue weighted by atomic mass is 79.9. The maximum atomic E-state index is 10.9. The summed E-state index contributed by atoms with van der Waals surface area (Å²) >= 11 is 3.30. The molecular formula is C10H8BrN3O3. The topological polar surface area (TPSA) is 77.2 Å². The van der Waals surface area contributed by atoms with Crippen molar-refractivity contribution in [2.45, 2.75) is 0 Å². The van der Waals surface area contributed by atoms with Crippen molar-refractivity contribution in [3.63, 3.8) is 0 Å². The molecule has 1 heterocycles. The van der Waals surface area contributed by atoms with Crippen molar-refractivity contribution in [2.75, 3.05) is 0 Å². The first-order valence-electron chi connectivity index (χ1n) is 4.64.